The van der Waals surface area contributed by atoms with Gasteiger partial charge in [0.1, 0.15) is 17.3 Å². The number of nitrogens with zero attached hydrogens (tertiary/aromatic N) is 2. The standard InChI is InChI=1S/C21H24FN5O2/c1-5-12(2)23-21(25-20(28)17-10-13(3)29-14(17)4)24-19-11-18(26-27-19)15-6-8-16(22)9-7-15/h6-12H,5H2,1-4H3,(H3,23,24,25,26,27,28). The molecule has 0 aliphatic heterocycles. The summed E-state index contributed by atoms with van der Waals surface area (Å²) in [6.07, 6.45) is 0.812. The van der Waals surface area contributed by atoms with Gasteiger partial charge in [0.25, 0.3) is 5.91 Å². The molecule has 1 amide bonds. The number of furan rings is 1. The lowest BCUT2D eigenvalue weighted by atomic mass is 10.1. The van der Waals surface area contributed by atoms with Crippen LogP contribution < -0.4 is 10.6 Å². The van der Waals surface area contributed by atoms with E-state index in [1.807, 2.05) is 13.8 Å². The first-order valence-electron chi connectivity index (χ1n) is 9.40. The van der Waals surface area contributed by atoms with Crippen LogP contribution in [0.15, 0.2) is 45.8 Å². The second kappa shape index (κ2) is 8.72. The van der Waals surface area contributed by atoms with E-state index in [4.69, 9.17) is 4.42 Å². The molecule has 0 aliphatic carbocycles. The number of carbonyl (C=O) groups excluding carboxylic acids is 1. The number of hydrogen-bond donors (Lipinski definition) is 3. The lowest BCUT2D eigenvalue weighted by Crippen LogP contribution is -2.37. The molecule has 1 unspecified atom stereocenters. The molecule has 2 heterocycles. The zero-order valence-electron chi connectivity index (χ0n) is 16.8. The average molecular weight is 397 g/mol. The van der Waals surface area contributed by atoms with Crippen LogP contribution in [0.3, 0.4) is 0 Å². The SMILES string of the molecule is CCC(C)N=C(NC(=O)c1cc(C)oc1C)Nc1cc(-c2ccc(F)cc2)[nH]n1. The largest absolute Gasteiger partial charge is 0.466 e. The van der Waals surface area contributed by atoms with E-state index in [1.54, 1.807) is 38.1 Å². The number of H-pyrrole nitrogens is 1. The molecule has 1 atom stereocenters. The van der Waals surface area contributed by atoms with Crippen molar-refractivity contribution >= 4 is 17.7 Å². The normalized spacial score (nSPS) is 12.7. The Bertz CT molecular complexity index is 1020. The van der Waals surface area contributed by atoms with E-state index in [0.717, 1.165) is 12.0 Å². The Hall–Kier alpha value is -3.42. The molecule has 7 nitrogen and oxygen atoms in total. The van der Waals surface area contributed by atoms with Crippen LogP contribution in [0.5, 0.6) is 0 Å². The van der Waals surface area contributed by atoms with Crippen molar-refractivity contribution in [1.82, 2.24) is 15.5 Å². The molecule has 0 bridgehead atoms. The summed E-state index contributed by atoms with van der Waals surface area (Å²) >= 11 is 0. The van der Waals surface area contributed by atoms with Crippen LogP contribution in [0.2, 0.25) is 0 Å². The van der Waals surface area contributed by atoms with E-state index in [-0.39, 0.29) is 17.8 Å². The van der Waals surface area contributed by atoms with Crippen molar-refractivity contribution in [3.63, 3.8) is 0 Å². The molecule has 3 rings (SSSR count). The van der Waals surface area contributed by atoms with Crippen molar-refractivity contribution in [3.8, 4) is 11.3 Å². The number of aromatic nitrogens is 2. The minimum Gasteiger partial charge on any atom is -0.466 e. The fourth-order valence-corrected chi connectivity index (χ4v) is 2.72. The van der Waals surface area contributed by atoms with Gasteiger partial charge in [-0.3, -0.25) is 15.2 Å². The molecule has 3 N–H and O–H groups in total. The average Bonchev–Trinajstić information content (AvgIpc) is 3.28. The number of guanidine groups is 1. The van der Waals surface area contributed by atoms with Gasteiger partial charge in [-0.2, -0.15) is 5.10 Å². The highest BCUT2D eigenvalue weighted by atomic mass is 19.1. The quantitative estimate of drug-likeness (QED) is 0.439. The number of carbonyl (C=O) groups is 1. The molecule has 0 radical (unpaired) electrons. The number of amides is 1. The van der Waals surface area contributed by atoms with Gasteiger partial charge in [0, 0.05) is 6.07 Å². The number of rotatable bonds is 5. The fraction of sp³-hybridized carbons (Fsp3) is 0.286. The van der Waals surface area contributed by atoms with Gasteiger partial charge >= 0.3 is 0 Å². The molecule has 29 heavy (non-hydrogen) atoms. The first-order chi connectivity index (χ1) is 13.9. The lowest BCUT2D eigenvalue weighted by Gasteiger charge is -2.12. The van der Waals surface area contributed by atoms with Crippen molar-refractivity contribution < 1.29 is 13.6 Å². The maximum atomic E-state index is 13.1. The number of halogens is 1. The van der Waals surface area contributed by atoms with E-state index >= 15 is 0 Å². The number of nitrogens with one attached hydrogen (secondary N) is 3. The monoisotopic (exact) mass is 397 g/mol. The zero-order chi connectivity index (χ0) is 21.0. The topological polar surface area (TPSA) is 95.3 Å². The summed E-state index contributed by atoms with van der Waals surface area (Å²) in [4.78, 5) is 17.2. The van der Waals surface area contributed by atoms with Crippen LogP contribution in [0, 0.1) is 19.7 Å². The summed E-state index contributed by atoms with van der Waals surface area (Å²) in [5.41, 5.74) is 1.96. The number of anilines is 1. The smallest absolute Gasteiger partial charge is 0.261 e. The molecule has 8 heteroatoms. The van der Waals surface area contributed by atoms with E-state index in [9.17, 15) is 9.18 Å². The molecule has 0 fully saturated rings. The van der Waals surface area contributed by atoms with E-state index in [1.165, 1.54) is 12.1 Å². The Labute approximate surface area is 168 Å². The predicted molar refractivity (Wildman–Crippen MR) is 110 cm³/mol. The molecule has 2 aromatic heterocycles. The molecule has 1 aromatic carbocycles. The minimum absolute atomic E-state index is 0.000457. The number of aliphatic imine (C=N–C) groups is 1. The van der Waals surface area contributed by atoms with Gasteiger partial charge in [0.2, 0.25) is 5.96 Å². The van der Waals surface area contributed by atoms with Crippen LogP contribution >= 0.6 is 0 Å². The van der Waals surface area contributed by atoms with Crippen molar-refractivity contribution in [1.29, 1.82) is 0 Å². The van der Waals surface area contributed by atoms with Gasteiger partial charge in [-0.25, -0.2) is 9.38 Å². The summed E-state index contributed by atoms with van der Waals surface area (Å²) in [5.74, 6) is 1.36. The molecule has 0 spiro atoms. The summed E-state index contributed by atoms with van der Waals surface area (Å²) in [5, 5.41) is 12.9. The van der Waals surface area contributed by atoms with Crippen LogP contribution in [0.1, 0.15) is 42.1 Å². The van der Waals surface area contributed by atoms with Gasteiger partial charge in [0.05, 0.1) is 17.3 Å². The Balaban J connectivity index is 1.79. The van der Waals surface area contributed by atoms with Crippen LogP contribution in [-0.2, 0) is 0 Å². The molecule has 0 saturated carbocycles. The first kappa shape index (κ1) is 20.3. The Kier molecular flexibility index (Phi) is 6.11. The highest BCUT2D eigenvalue weighted by Crippen LogP contribution is 2.20. The molecule has 0 aliphatic rings. The van der Waals surface area contributed by atoms with Gasteiger partial charge in [-0.05, 0) is 63.1 Å². The first-order valence-corrected chi connectivity index (χ1v) is 9.40. The third-order valence-corrected chi connectivity index (χ3v) is 4.44. The van der Waals surface area contributed by atoms with Crippen LogP contribution in [-0.4, -0.2) is 28.1 Å². The summed E-state index contributed by atoms with van der Waals surface area (Å²) in [6.45, 7) is 7.49. The Morgan fingerprint density at radius 2 is 2.00 bits per heavy atom. The van der Waals surface area contributed by atoms with Crippen molar-refractivity contribution in [2.75, 3.05) is 5.32 Å². The van der Waals surface area contributed by atoms with Gasteiger partial charge < -0.3 is 9.73 Å². The van der Waals surface area contributed by atoms with Crippen molar-refractivity contribution in [3.05, 3.63) is 59.3 Å². The molecule has 0 saturated heterocycles. The molecule has 3 aromatic rings. The number of hydrogen-bond acceptors (Lipinski definition) is 4. The summed E-state index contributed by atoms with van der Waals surface area (Å²) in [7, 11) is 0. The number of aromatic amines is 1. The lowest BCUT2D eigenvalue weighted by molar-refractivity contribution is 0.0975. The summed E-state index contributed by atoms with van der Waals surface area (Å²) in [6, 6.07) is 9.54. The van der Waals surface area contributed by atoms with E-state index in [2.05, 4.69) is 25.8 Å². The minimum atomic E-state index is -0.316. The van der Waals surface area contributed by atoms with E-state index < -0.39 is 0 Å². The second-order valence-corrected chi connectivity index (χ2v) is 6.81. The molecular formula is C21H24FN5O2. The second-order valence-electron chi connectivity index (χ2n) is 6.81. The maximum absolute atomic E-state index is 13.1. The molecule has 152 valence electrons. The highest BCUT2D eigenvalue weighted by Gasteiger charge is 2.17. The third-order valence-electron chi connectivity index (χ3n) is 4.44. The van der Waals surface area contributed by atoms with Gasteiger partial charge in [-0.1, -0.05) is 6.92 Å². The highest BCUT2D eigenvalue weighted by molar-refractivity contribution is 6.10. The van der Waals surface area contributed by atoms with Crippen LogP contribution in [0.25, 0.3) is 11.3 Å². The van der Waals surface area contributed by atoms with Crippen LogP contribution in [0.4, 0.5) is 10.2 Å². The Morgan fingerprint density at radius 3 is 2.62 bits per heavy atom. The number of aryl methyl sites for hydroxylation is 2. The zero-order valence-corrected chi connectivity index (χ0v) is 16.8. The van der Waals surface area contributed by atoms with Gasteiger partial charge in [-0.15, -0.1) is 0 Å². The Morgan fingerprint density at radius 1 is 1.28 bits per heavy atom. The number of benzene rings is 1. The summed E-state index contributed by atoms with van der Waals surface area (Å²) < 4.78 is 18.6. The fourth-order valence-electron chi connectivity index (χ4n) is 2.72. The van der Waals surface area contributed by atoms with Crippen molar-refractivity contribution in [2.24, 2.45) is 4.99 Å². The third kappa shape index (κ3) is 5.10. The van der Waals surface area contributed by atoms with Gasteiger partial charge in [0.15, 0.2) is 5.82 Å². The van der Waals surface area contributed by atoms with Crippen molar-refractivity contribution in [2.45, 2.75) is 40.2 Å². The van der Waals surface area contributed by atoms with E-state index in [0.29, 0.717) is 34.6 Å². The predicted octanol–water partition coefficient (Wildman–Crippen LogP) is 4.42. The maximum Gasteiger partial charge on any atom is 0.261 e. The molecular weight excluding hydrogens is 373 g/mol.